The van der Waals surface area contributed by atoms with E-state index in [4.69, 9.17) is 0 Å². The second-order valence-electron chi connectivity index (χ2n) is 15.3. The molecule has 0 bridgehead atoms. The van der Waals surface area contributed by atoms with E-state index < -0.39 is 5.41 Å². The maximum atomic E-state index is 2.46. The summed E-state index contributed by atoms with van der Waals surface area (Å²) >= 11 is 0. The SMILES string of the molecule is c1ccc(-n2c3ccccc3c3cc(-c4ccc5c(c4)c4ccccc4n5-c4cccc(C5(c6ccccc6)c6ccccc6-c6ccccc65)c4)ccc32)cc1. The molecule has 1 aliphatic carbocycles. The molecule has 0 fully saturated rings. The lowest BCUT2D eigenvalue weighted by Gasteiger charge is -2.34. The van der Waals surface area contributed by atoms with Crippen molar-refractivity contribution in [3.63, 3.8) is 0 Å². The van der Waals surface area contributed by atoms with Crippen molar-refractivity contribution in [2.24, 2.45) is 0 Å². The van der Waals surface area contributed by atoms with Gasteiger partial charge in [0.1, 0.15) is 0 Å². The first-order valence-corrected chi connectivity index (χ1v) is 19.8. The fourth-order valence-corrected chi connectivity index (χ4v) is 10.0. The smallest absolute Gasteiger partial charge is 0.0714 e. The summed E-state index contributed by atoms with van der Waals surface area (Å²) in [5, 5.41) is 5.01. The standard InChI is InChI=1S/C55H36N2/c1-3-16-39(17-4-1)55(49-26-11-7-22-43(49)44-23-8-12-27-50(44)55)40-18-15-21-42(36-40)57-52-29-14-10-25-46(52)48-35-38(31-33-54(48)57)37-30-32-53-47(34-37)45-24-9-13-28-51(45)56(53)41-19-5-2-6-20-41/h1-36H. The molecule has 1 aliphatic rings. The number of aromatic nitrogens is 2. The molecule has 2 nitrogen and oxygen atoms in total. The van der Waals surface area contributed by atoms with Crippen molar-refractivity contribution in [1.29, 1.82) is 0 Å². The van der Waals surface area contributed by atoms with Crippen LogP contribution in [0.25, 0.3) is 77.2 Å². The zero-order valence-corrected chi connectivity index (χ0v) is 31.2. The maximum absolute atomic E-state index is 2.46. The van der Waals surface area contributed by atoms with Gasteiger partial charge in [-0.15, -0.1) is 0 Å². The predicted molar refractivity (Wildman–Crippen MR) is 238 cm³/mol. The summed E-state index contributed by atoms with van der Waals surface area (Å²) in [7, 11) is 0. The molecule has 2 heterocycles. The number of fused-ring (bicyclic) bond motifs is 9. The number of hydrogen-bond donors (Lipinski definition) is 0. The molecule has 0 saturated carbocycles. The molecule has 57 heavy (non-hydrogen) atoms. The lowest BCUT2D eigenvalue weighted by molar-refractivity contribution is 0.767. The fourth-order valence-electron chi connectivity index (χ4n) is 10.0. The molecule has 2 aromatic heterocycles. The highest BCUT2D eigenvalue weighted by molar-refractivity contribution is 6.12. The Balaban J connectivity index is 1.05. The van der Waals surface area contributed by atoms with Crippen LogP contribution in [0.4, 0.5) is 0 Å². The Morgan fingerprint density at radius 3 is 1.32 bits per heavy atom. The van der Waals surface area contributed by atoms with Crippen molar-refractivity contribution >= 4 is 43.6 Å². The molecular formula is C55H36N2. The molecule has 12 rings (SSSR count). The summed E-state index contributed by atoms with van der Waals surface area (Å²) in [6, 6.07) is 80.5. The lowest BCUT2D eigenvalue weighted by Crippen LogP contribution is -2.28. The Morgan fingerprint density at radius 2 is 0.719 bits per heavy atom. The first-order chi connectivity index (χ1) is 28.3. The second kappa shape index (κ2) is 12.3. The Hall–Kier alpha value is -7.42. The van der Waals surface area contributed by atoms with Gasteiger partial charge in [0, 0.05) is 32.9 Å². The van der Waals surface area contributed by atoms with Crippen molar-refractivity contribution in [2.75, 3.05) is 0 Å². The summed E-state index contributed by atoms with van der Waals surface area (Å²) in [5.41, 5.74) is 16.9. The van der Waals surface area contributed by atoms with Gasteiger partial charge in [-0.3, -0.25) is 0 Å². The highest BCUT2D eigenvalue weighted by atomic mass is 15.0. The molecule has 0 saturated heterocycles. The van der Waals surface area contributed by atoms with Crippen LogP contribution in [0.2, 0.25) is 0 Å². The van der Waals surface area contributed by atoms with Gasteiger partial charge in [0.2, 0.25) is 0 Å². The van der Waals surface area contributed by atoms with E-state index >= 15 is 0 Å². The third-order valence-corrected chi connectivity index (χ3v) is 12.4. The van der Waals surface area contributed by atoms with E-state index in [1.54, 1.807) is 0 Å². The van der Waals surface area contributed by atoms with Crippen molar-refractivity contribution < 1.29 is 0 Å². The van der Waals surface area contributed by atoms with Gasteiger partial charge in [0.15, 0.2) is 0 Å². The number of rotatable bonds is 5. The average Bonchev–Trinajstić information content (AvgIpc) is 3.91. The molecule has 0 unspecified atom stereocenters. The van der Waals surface area contributed by atoms with Crippen LogP contribution in [-0.2, 0) is 5.41 Å². The monoisotopic (exact) mass is 724 g/mol. The van der Waals surface area contributed by atoms with Crippen LogP contribution < -0.4 is 0 Å². The van der Waals surface area contributed by atoms with Gasteiger partial charge in [-0.25, -0.2) is 0 Å². The van der Waals surface area contributed by atoms with Crippen LogP contribution in [-0.4, -0.2) is 9.13 Å². The molecule has 0 amide bonds. The van der Waals surface area contributed by atoms with Gasteiger partial charge in [-0.05, 0) is 105 Å². The Labute approximate surface area is 331 Å². The Kier molecular flexibility index (Phi) is 6.88. The van der Waals surface area contributed by atoms with Crippen molar-refractivity contribution in [3.05, 3.63) is 241 Å². The number of nitrogens with zero attached hydrogens (tertiary/aromatic N) is 2. The fraction of sp³-hybridized carbons (Fsp3) is 0.0182. The summed E-state index contributed by atoms with van der Waals surface area (Å²) < 4.78 is 4.84. The zero-order valence-electron chi connectivity index (χ0n) is 31.2. The van der Waals surface area contributed by atoms with Gasteiger partial charge < -0.3 is 9.13 Å². The van der Waals surface area contributed by atoms with Gasteiger partial charge >= 0.3 is 0 Å². The summed E-state index contributed by atoms with van der Waals surface area (Å²) in [5.74, 6) is 0. The first-order valence-electron chi connectivity index (χ1n) is 19.8. The topological polar surface area (TPSA) is 9.86 Å². The average molecular weight is 725 g/mol. The van der Waals surface area contributed by atoms with Crippen LogP contribution in [0.3, 0.4) is 0 Å². The molecule has 0 radical (unpaired) electrons. The molecule has 0 N–H and O–H groups in total. The van der Waals surface area contributed by atoms with Gasteiger partial charge in [-0.1, -0.05) is 158 Å². The minimum absolute atomic E-state index is 0.460. The largest absolute Gasteiger partial charge is 0.309 e. The van der Waals surface area contributed by atoms with E-state index in [1.807, 2.05) is 0 Å². The Morgan fingerprint density at radius 1 is 0.281 bits per heavy atom. The molecule has 266 valence electrons. The summed E-state index contributed by atoms with van der Waals surface area (Å²) in [4.78, 5) is 0. The number of para-hydroxylation sites is 3. The van der Waals surface area contributed by atoms with E-state index in [1.165, 1.54) is 93.8 Å². The van der Waals surface area contributed by atoms with Gasteiger partial charge in [0.05, 0.1) is 27.5 Å². The molecule has 2 heteroatoms. The predicted octanol–water partition coefficient (Wildman–Crippen LogP) is 13.9. The van der Waals surface area contributed by atoms with E-state index in [0.717, 1.165) is 5.69 Å². The van der Waals surface area contributed by atoms with Crippen LogP contribution in [0, 0.1) is 0 Å². The minimum Gasteiger partial charge on any atom is -0.309 e. The third kappa shape index (κ3) is 4.53. The van der Waals surface area contributed by atoms with E-state index in [2.05, 4.69) is 228 Å². The second-order valence-corrected chi connectivity index (χ2v) is 15.3. The number of hydrogen-bond acceptors (Lipinski definition) is 0. The molecule has 0 aliphatic heterocycles. The molecule has 0 spiro atoms. The van der Waals surface area contributed by atoms with Crippen molar-refractivity contribution in [2.45, 2.75) is 5.41 Å². The van der Waals surface area contributed by atoms with Crippen LogP contribution >= 0.6 is 0 Å². The molecule has 11 aromatic rings. The van der Waals surface area contributed by atoms with E-state index in [0.29, 0.717) is 0 Å². The molecule has 0 atom stereocenters. The minimum atomic E-state index is -0.460. The maximum Gasteiger partial charge on any atom is 0.0714 e. The highest BCUT2D eigenvalue weighted by Crippen LogP contribution is 2.56. The molecular weight excluding hydrogens is 689 g/mol. The zero-order chi connectivity index (χ0) is 37.5. The van der Waals surface area contributed by atoms with Crippen LogP contribution in [0.15, 0.2) is 218 Å². The van der Waals surface area contributed by atoms with E-state index in [-0.39, 0.29) is 0 Å². The van der Waals surface area contributed by atoms with Crippen LogP contribution in [0.5, 0.6) is 0 Å². The third-order valence-electron chi connectivity index (χ3n) is 12.4. The van der Waals surface area contributed by atoms with Gasteiger partial charge in [0.25, 0.3) is 0 Å². The number of benzene rings is 9. The molecule has 9 aromatic carbocycles. The summed E-state index contributed by atoms with van der Waals surface area (Å²) in [6.07, 6.45) is 0. The highest BCUT2D eigenvalue weighted by Gasteiger charge is 2.46. The summed E-state index contributed by atoms with van der Waals surface area (Å²) in [6.45, 7) is 0. The lowest BCUT2D eigenvalue weighted by atomic mass is 9.67. The van der Waals surface area contributed by atoms with Crippen LogP contribution in [0.1, 0.15) is 22.3 Å². The first kappa shape index (κ1) is 31.9. The normalized spacial score (nSPS) is 13.1. The Bertz CT molecular complexity index is 3300. The van der Waals surface area contributed by atoms with Crippen molar-refractivity contribution in [1.82, 2.24) is 9.13 Å². The van der Waals surface area contributed by atoms with Crippen molar-refractivity contribution in [3.8, 4) is 33.6 Å². The van der Waals surface area contributed by atoms with E-state index in [9.17, 15) is 0 Å². The van der Waals surface area contributed by atoms with Gasteiger partial charge in [-0.2, -0.15) is 0 Å². The quantitative estimate of drug-likeness (QED) is 0.167.